The summed E-state index contributed by atoms with van der Waals surface area (Å²) < 4.78 is 0. The van der Waals surface area contributed by atoms with Gasteiger partial charge in [-0.15, -0.1) is 24.8 Å². The second kappa shape index (κ2) is 14.4. The lowest BCUT2D eigenvalue weighted by atomic mass is 9.87. The SMILES string of the molecule is Cl.Cl.O=C(O)c1ccc2c(c1)C(=O)c1c-2cc(CCCN2CCCCC2)c(C(=O)O)c1CCCN1CCCCC1. The summed E-state index contributed by atoms with van der Waals surface area (Å²) >= 11 is 0. The van der Waals surface area contributed by atoms with Crippen molar-refractivity contribution in [2.75, 3.05) is 39.3 Å². The molecular weight excluding hydrogens is 551 g/mol. The van der Waals surface area contributed by atoms with Gasteiger partial charge in [0.05, 0.1) is 11.1 Å². The van der Waals surface area contributed by atoms with Gasteiger partial charge in [0.15, 0.2) is 5.78 Å². The third-order valence-corrected chi connectivity index (χ3v) is 8.47. The molecule has 0 saturated carbocycles. The highest BCUT2D eigenvalue weighted by molar-refractivity contribution is 6.24. The van der Waals surface area contributed by atoms with Crippen LogP contribution in [0.3, 0.4) is 0 Å². The first-order valence-electron chi connectivity index (χ1n) is 14.2. The molecule has 0 radical (unpaired) electrons. The van der Waals surface area contributed by atoms with E-state index in [1.165, 1.54) is 50.7 Å². The molecule has 2 saturated heterocycles. The molecular formula is C31H40Cl2N2O5. The topological polar surface area (TPSA) is 98.2 Å². The lowest BCUT2D eigenvalue weighted by molar-refractivity contribution is 0.0684. The van der Waals surface area contributed by atoms with Gasteiger partial charge in [0.1, 0.15) is 0 Å². The monoisotopic (exact) mass is 590 g/mol. The fourth-order valence-electron chi connectivity index (χ4n) is 6.56. The number of carboxylic acids is 2. The lowest BCUT2D eigenvalue weighted by Crippen LogP contribution is -2.31. The number of likely N-dealkylation sites (tertiary alicyclic amines) is 2. The van der Waals surface area contributed by atoms with E-state index in [-0.39, 0.29) is 41.7 Å². The van der Waals surface area contributed by atoms with Crippen LogP contribution in [0.15, 0.2) is 24.3 Å². The van der Waals surface area contributed by atoms with Gasteiger partial charge in [-0.3, -0.25) is 4.79 Å². The summed E-state index contributed by atoms with van der Waals surface area (Å²) in [5.41, 5.74) is 4.03. The molecule has 2 aromatic rings. The number of hydrogen-bond acceptors (Lipinski definition) is 5. The highest BCUT2D eigenvalue weighted by Crippen LogP contribution is 2.42. The van der Waals surface area contributed by atoms with Gasteiger partial charge in [-0.25, -0.2) is 9.59 Å². The summed E-state index contributed by atoms with van der Waals surface area (Å²) in [6.07, 6.45) is 10.2. The molecule has 218 valence electrons. The molecule has 2 N–H and O–H groups in total. The number of aromatic carboxylic acids is 2. The number of benzene rings is 2. The van der Waals surface area contributed by atoms with Crippen molar-refractivity contribution in [3.63, 3.8) is 0 Å². The van der Waals surface area contributed by atoms with E-state index in [1.54, 1.807) is 6.07 Å². The van der Waals surface area contributed by atoms with E-state index in [4.69, 9.17) is 0 Å². The van der Waals surface area contributed by atoms with Crippen molar-refractivity contribution in [3.8, 4) is 11.1 Å². The Labute approximate surface area is 248 Å². The minimum atomic E-state index is -1.08. The summed E-state index contributed by atoms with van der Waals surface area (Å²) in [7, 11) is 0. The standard InChI is InChI=1S/C31H38N2O5.2ClH/c34-29-26-20-22(30(35)36)11-12-23(26)25-19-21(9-7-17-32-13-3-1-4-14-32)27(31(37)38)24(28(25)29)10-8-18-33-15-5-2-6-16-33;;/h11-12,19-20H,1-10,13-18H2,(H,35,36)(H,37,38);2*1H. The Morgan fingerprint density at radius 3 is 1.82 bits per heavy atom. The molecule has 2 heterocycles. The Kier molecular flexibility index (Phi) is 11.6. The number of rotatable bonds is 10. The van der Waals surface area contributed by atoms with E-state index in [9.17, 15) is 24.6 Å². The zero-order valence-corrected chi connectivity index (χ0v) is 24.6. The third-order valence-electron chi connectivity index (χ3n) is 8.47. The molecule has 9 heteroatoms. The summed E-state index contributed by atoms with van der Waals surface area (Å²) in [6.45, 7) is 6.18. The second-order valence-corrected chi connectivity index (χ2v) is 11.0. The number of fused-ring (bicyclic) bond motifs is 3. The summed E-state index contributed by atoms with van der Waals surface area (Å²) in [6, 6.07) is 6.57. The van der Waals surface area contributed by atoms with E-state index in [1.807, 2.05) is 6.07 Å². The van der Waals surface area contributed by atoms with E-state index >= 15 is 0 Å². The molecule has 1 aliphatic carbocycles. The largest absolute Gasteiger partial charge is 0.478 e. The number of carboxylic acid groups (broad SMARTS) is 2. The minimum absolute atomic E-state index is 0. The van der Waals surface area contributed by atoms with Gasteiger partial charge in [-0.2, -0.15) is 0 Å². The summed E-state index contributed by atoms with van der Waals surface area (Å²) in [4.78, 5) is 42.8. The van der Waals surface area contributed by atoms with Gasteiger partial charge in [-0.05, 0) is 131 Å². The van der Waals surface area contributed by atoms with Gasteiger partial charge >= 0.3 is 11.9 Å². The molecule has 0 unspecified atom stereocenters. The zero-order valence-electron chi connectivity index (χ0n) is 23.0. The molecule has 0 amide bonds. The molecule has 3 aliphatic rings. The smallest absolute Gasteiger partial charge is 0.336 e. The van der Waals surface area contributed by atoms with Crippen molar-refractivity contribution in [1.29, 1.82) is 0 Å². The molecule has 5 rings (SSSR count). The van der Waals surface area contributed by atoms with E-state index in [2.05, 4.69) is 9.80 Å². The Hall–Kier alpha value is -2.45. The molecule has 7 nitrogen and oxygen atoms in total. The fourth-order valence-corrected chi connectivity index (χ4v) is 6.56. The number of aryl methyl sites for hydroxylation is 1. The normalized spacial score (nSPS) is 16.9. The van der Waals surface area contributed by atoms with Gasteiger partial charge in [-0.1, -0.05) is 18.9 Å². The number of halogens is 2. The average Bonchev–Trinajstić information content (AvgIpc) is 3.20. The second-order valence-electron chi connectivity index (χ2n) is 11.0. The van der Waals surface area contributed by atoms with Crippen molar-refractivity contribution >= 4 is 42.5 Å². The van der Waals surface area contributed by atoms with E-state index in [0.29, 0.717) is 35.1 Å². The molecule has 0 aromatic heterocycles. The molecule has 2 aromatic carbocycles. The van der Waals surface area contributed by atoms with Crippen LogP contribution >= 0.6 is 24.8 Å². The van der Waals surface area contributed by atoms with Crippen LogP contribution in [-0.4, -0.2) is 77.0 Å². The Morgan fingerprint density at radius 1 is 0.700 bits per heavy atom. The van der Waals surface area contributed by atoms with Crippen LogP contribution in [0.25, 0.3) is 11.1 Å². The Morgan fingerprint density at radius 2 is 1.27 bits per heavy atom. The molecule has 0 bridgehead atoms. The maximum absolute atomic E-state index is 13.7. The van der Waals surface area contributed by atoms with Crippen LogP contribution in [-0.2, 0) is 12.8 Å². The lowest BCUT2D eigenvalue weighted by Gasteiger charge is -2.27. The maximum atomic E-state index is 13.7. The fraction of sp³-hybridized carbons (Fsp3) is 0.516. The van der Waals surface area contributed by atoms with Crippen molar-refractivity contribution in [3.05, 3.63) is 57.6 Å². The number of carbonyl (C=O) groups is 3. The van der Waals surface area contributed by atoms with Crippen LogP contribution in [0.2, 0.25) is 0 Å². The molecule has 0 spiro atoms. The quantitative estimate of drug-likeness (QED) is 0.300. The zero-order chi connectivity index (χ0) is 26.6. The average molecular weight is 592 g/mol. The van der Waals surface area contributed by atoms with Crippen LogP contribution in [0.1, 0.15) is 99.1 Å². The van der Waals surface area contributed by atoms with Gasteiger partial charge in [0, 0.05) is 11.1 Å². The van der Waals surface area contributed by atoms with E-state index < -0.39 is 11.9 Å². The van der Waals surface area contributed by atoms with E-state index in [0.717, 1.165) is 63.2 Å². The van der Waals surface area contributed by atoms with Crippen molar-refractivity contribution in [1.82, 2.24) is 9.80 Å². The van der Waals surface area contributed by atoms with Crippen LogP contribution in [0, 0.1) is 0 Å². The molecule has 2 aliphatic heterocycles. The predicted octanol–water partition coefficient (Wildman–Crippen LogP) is 5.98. The van der Waals surface area contributed by atoms with Gasteiger partial charge < -0.3 is 20.0 Å². The molecule has 40 heavy (non-hydrogen) atoms. The maximum Gasteiger partial charge on any atom is 0.336 e. The van der Waals surface area contributed by atoms with Crippen LogP contribution < -0.4 is 0 Å². The Bertz CT molecular complexity index is 1240. The minimum Gasteiger partial charge on any atom is -0.478 e. The number of hydrogen-bond donors (Lipinski definition) is 2. The first kappa shape index (κ1) is 32.1. The van der Waals surface area contributed by atoms with Crippen molar-refractivity contribution in [2.45, 2.75) is 64.2 Å². The Balaban J connectivity index is 0.00000220. The first-order chi connectivity index (χ1) is 18.4. The number of ketones is 1. The highest BCUT2D eigenvalue weighted by Gasteiger charge is 2.34. The molecule has 2 fully saturated rings. The number of piperidine rings is 2. The first-order valence-corrected chi connectivity index (χ1v) is 14.2. The van der Waals surface area contributed by atoms with Gasteiger partial charge in [0.2, 0.25) is 0 Å². The molecule has 0 atom stereocenters. The predicted molar refractivity (Wildman–Crippen MR) is 161 cm³/mol. The van der Waals surface area contributed by atoms with Crippen molar-refractivity contribution in [2.24, 2.45) is 0 Å². The number of carbonyl (C=O) groups excluding carboxylic acids is 1. The highest BCUT2D eigenvalue weighted by atomic mass is 35.5. The number of nitrogens with zero attached hydrogens (tertiary/aromatic N) is 2. The summed E-state index contributed by atoms with van der Waals surface area (Å²) in [5, 5.41) is 19.9. The summed E-state index contributed by atoms with van der Waals surface area (Å²) in [5.74, 6) is -2.32. The third kappa shape index (κ3) is 6.88. The van der Waals surface area contributed by atoms with Crippen LogP contribution in [0.5, 0.6) is 0 Å². The van der Waals surface area contributed by atoms with Crippen LogP contribution in [0.4, 0.5) is 0 Å². The van der Waals surface area contributed by atoms with Gasteiger partial charge in [0.25, 0.3) is 0 Å². The van der Waals surface area contributed by atoms with Crippen molar-refractivity contribution < 1.29 is 24.6 Å².